The number of hydrogen-bond acceptors (Lipinski definition) is 4. The van der Waals surface area contributed by atoms with E-state index in [1.165, 1.54) is 11.0 Å². The van der Waals surface area contributed by atoms with Crippen LogP contribution in [0, 0.1) is 11.3 Å². The van der Waals surface area contributed by atoms with Gasteiger partial charge in [0, 0.05) is 18.6 Å². The lowest BCUT2D eigenvalue weighted by Crippen LogP contribution is -2.22. The van der Waals surface area contributed by atoms with Gasteiger partial charge in [-0.1, -0.05) is 34.1 Å². The minimum Gasteiger partial charge on any atom is -0.493 e. The molecule has 0 unspecified atom stereocenters. The topological polar surface area (TPSA) is 62.6 Å². The maximum atomic E-state index is 12.0. The van der Waals surface area contributed by atoms with E-state index in [1.807, 2.05) is 30.3 Å². The van der Waals surface area contributed by atoms with Crippen LogP contribution in [0.25, 0.3) is 6.08 Å². The molecule has 0 saturated heterocycles. The number of ether oxygens (including phenoxy) is 2. The number of rotatable bonds is 6. The van der Waals surface area contributed by atoms with Crippen molar-refractivity contribution >= 4 is 27.9 Å². The molecule has 0 bridgehead atoms. The zero-order valence-corrected chi connectivity index (χ0v) is 16.4. The van der Waals surface area contributed by atoms with E-state index in [-0.39, 0.29) is 11.5 Å². The van der Waals surface area contributed by atoms with Gasteiger partial charge in [-0.2, -0.15) is 5.26 Å². The fourth-order valence-electron chi connectivity index (χ4n) is 2.18. The predicted molar refractivity (Wildman–Crippen MR) is 104 cm³/mol. The fourth-order valence-corrected chi connectivity index (χ4v) is 2.45. The van der Waals surface area contributed by atoms with E-state index in [4.69, 9.17) is 9.47 Å². The molecule has 0 spiro atoms. The van der Waals surface area contributed by atoms with E-state index in [0.717, 1.165) is 10.0 Å². The van der Waals surface area contributed by atoms with Crippen LogP contribution in [0.3, 0.4) is 0 Å². The lowest BCUT2D eigenvalue weighted by Gasteiger charge is -2.12. The normalized spacial score (nSPS) is 10.8. The predicted octanol–water partition coefficient (Wildman–Crippen LogP) is 4.03. The number of carbonyl (C=O) groups is 1. The number of halogens is 1. The van der Waals surface area contributed by atoms with Crippen molar-refractivity contribution in [2.24, 2.45) is 0 Å². The Labute approximate surface area is 161 Å². The van der Waals surface area contributed by atoms with Crippen LogP contribution in [0.15, 0.2) is 52.5 Å². The van der Waals surface area contributed by atoms with Gasteiger partial charge in [0.15, 0.2) is 11.5 Å². The highest BCUT2D eigenvalue weighted by atomic mass is 79.9. The molecule has 0 fully saturated rings. The lowest BCUT2D eigenvalue weighted by molar-refractivity contribution is -0.124. The molecule has 0 aliphatic rings. The van der Waals surface area contributed by atoms with Gasteiger partial charge in [0.2, 0.25) is 0 Å². The standard InChI is InChI=1S/C20H19BrN2O3/c1-23(2)20(24)16(12-22)10-15-6-9-18(19(11-15)25-3)26-13-14-4-7-17(21)8-5-14/h4-11H,13H2,1-3H3/b16-10-. The van der Waals surface area contributed by atoms with Crippen LogP contribution in [0.2, 0.25) is 0 Å². The number of likely N-dealkylation sites (N-methyl/N-ethyl adjacent to an activating group) is 1. The van der Waals surface area contributed by atoms with Gasteiger partial charge in [-0.25, -0.2) is 0 Å². The van der Waals surface area contributed by atoms with Gasteiger partial charge in [-0.3, -0.25) is 4.79 Å². The van der Waals surface area contributed by atoms with Crippen molar-refractivity contribution in [3.8, 4) is 17.6 Å². The summed E-state index contributed by atoms with van der Waals surface area (Å²) in [4.78, 5) is 13.3. The Morgan fingerprint density at radius 3 is 2.46 bits per heavy atom. The number of methoxy groups -OCH3 is 1. The second-order valence-electron chi connectivity index (χ2n) is 5.69. The van der Waals surface area contributed by atoms with Gasteiger partial charge in [0.1, 0.15) is 18.2 Å². The molecule has 0 saturated carbocycles. The summed E-state index contributed by atoms with van der Waals surface area (Å²) in [5.41, 5.74) is 1.77. The molecule has 2 aromatic rings. The molecule has 2 aromatic carbocycles. The quantitative estimate of drug-likeness (QED) is 0.528. The Morgan fingerprint density at radius 2 is 1.88 bits per heavy atom. The molecule has 5 nitrogen and oxygen atoms in total. The van der Waals surface area contributed by atoms with Gasteiger partial charge in [0.05, 0.1) is 7.11 Å². The Morgan fingerprint density at radius 1 is 1.19 bits per heavy atom. The minimum absolute atomic E-state index is 0.0561. The number of carbonyl (C=O) groups excluding carboxylic acids is 1. The van der Waals surface area contributed by atoms with Crippen molar-refractivity contribution in [1.29, 1.82) is 5.26 Å². The summed E-state index contributed by atoms with van der Waals surface area (Å²) in [6.45, 7) is 0.404. The van der Waals surface area contributed by atoms with Gasteiger partial charge in [-0.15, -0.1) is 0 Å². The number of benzene rings is 2. The number of nitrogens with zero attached hydrogens (tertiary/aromatic N) is 2. The summed E-state index contributed by atoms with van der Waals surface area (Å²) < 4.78 is 12.2. The highest BCUT2D eigenvalue weighted by molar-refractivity contribution is 9.10. The minimum atomic E-state index is -0.345. The van der Waals surface area contributed by atoms with Crippen molar-refractivity contribution < 1.29 is 14.3 Å². The first-order valence-corrected chi connectivity index (χ1v) is 8.62. The number of hydrogen-bond donors (Lipinski definition) is 0. The molecular weight excluding hydrogens is 396 g/mol. The Hall–Kier alpha value is -2.78. The Kier molecular flexibility index (Phi) is 6.81. The first-order chi connectivity index (χ1) is 12.4. The first-order valence-electron chi connectivity index (χ1n) is 7.83. The number of nitriles is 1. The van der Waals surface area contributed by atoms with E-state index in [2.05, 4.69) is 15.9 Å². The second kappa shape index (κ2) is 9.07. The summed E-state index contributed by atoms with van der Waals surface area (Å²) in [7, 11) is 4.76. The number of amides is 1. The van der Waals surface area contributed by atoms with Crippen LogP contribution in [0.5, 0.6) is 11.5 Å². The molecule has 134 valence electrons. The van der Waals surface area contributed by atoms with E-state index in [1.54, 1.807) is 39.4 Å². The molecule has 1 amide bonds. The molecule has 0 aromatic heterocycles. The molecular formula is C20H19BrN2O3. The third kappa shape index (κ3) is 5.11. The van der Waals surface area contributed by atoms with Gasteiger partial charge in [0.25, 0.3) is 5.91 Å². The molecule has 0 atom stereocenters. The summed E-state index contributed by atoms with van der Waals surface area (Å²) in [5.74, 6) is 0.775. The third-order valence-corrected chi connectivity index (χ3v) is 4.09. The fraction of sp³-hybridized carbons (Fsp3) is 0.200. The smallest absolute Gasteiger partial charge is 0.264 e. The summed E-state index contributed by atoms with van der Waals surface area (Å²) >= 11 is 3.40. The summed E-state index contributed by atoms with van der Waals surface area (Å²) in [6, 6.07) is 15.1. The van der Waals surface area contributed by atoms with Crippen molar-refractivity contribution in [3.05, 3.63) is 63.6 Å². The molecule has 2 rings (SSSR count). The van der Waals surface area contributed by atoms with Crippen molar-refractivity contribution in [2.75, 3.05) is 21.2 Å². The van der Waals surface area contributed by atoms with Gasteiger partial charge in [-0.05, 0) is 41.5 Å². The van der Waals surface area contributed by atoms with Crippen LogP contribution in [0.4, 0.5) is 0 Å². The molecule has 0 aliphatic heterocycles. The van der Waals surface area contributed by atoms with Crippen LogP contribution < -0.4 is 9.47 Å². The molecule has 6 heteroatoms. The molecule has 26 heavy (non-hydrogen) atoms. The Bertz CT molecular complexity index is 852. The van der Waals surface area contributed by atoms with E-state index >= 15 is 0 Å². The van der Waals surface area contributed by atoms with Crippen molar-refractivity contribution in [3.63, 3.8) is 0 Å². The van der Waals surface area contributed by atoms with Crippen LogP contribution in [-0.4, -0.2) is 32.0 Å². The van der Waals surface area contributed by atoms with E-state index < -0.39 is 0 Å². The zero-order valence-electron chi connectivity index (χ0n) is 14.8. The monoisotopic (exact) mass is 414 g/mol. The van der Waals surface area contributed by atoms with E-state index in [9.17, 15) is 10.1 Å². The molecule has 0 aliphatic carbocycles. The lowest BCUT2D eigenvalue weighted by atomic mass is 10.1. The second-order valence-corrected chi connectivity index (χ2v) is 6.61. The highest BCUT2D eigenvalue weighted by Crippen LogP contribution is 2.30. The van der Waals surface area contributed by atoms with Gasteiger partial charge < -0.3 is 14.4 Å². The molecule has 0 heterocycles. The largest absolute Gasteiger partial charge is 0.493 e. The van der Waals surface area contributed by atoms with Crippen LogP contribution in [-0.2, 0) is 11.4 Å². The first kappa shape index (κ1) is 19.5. The maximum Gasteiger partial charge on any atom is 0.264 e. The third-order valence-electron chi connectivity index (χ3n) is 3.56. The van der Waals surface area contributed by atoms with Crippen LogP contribution in [0.1, 0.15) is 11.1 Å². The highest BCUT2D eigenvalue weighted by Gasteiger charge is 2.12. The summed E-state index contributed by atoms with van der Waals surface area (Å²) in [6.07, 6.45) is 1.53. The summed E-state index contributed by atoms with van der Waals surface area (Å²) in [5, 5.41) is 9.19. The molecule has 0 N–H and O–H groups in total. The maximum absolute atomic E-state index is 12.0. The average Bonchev–Trinajstić information content (AvgIpc) is 2.65. The van der Waals surface area contributed by atoms with E-state index in [0.29, 0.717) is 23.7 Å². The Balaban J connectivity index is 2.20. The molecule has 0 radical (unpaired) electrons. The van der Waals surface area contributed by atoms with Crippen LogP contribution >= 0.6 is 15.9 Å². The van der Waals surface area contributed by atoms with Crippen molar-refractivity contribution in [2.45, 2.75) is 6.61 Å². The SMILES string of the molecule is COc1cc(/C=C(/C#N)C(=O)N(C)C)ccc1OCc1ccc(Br)cc1. The van der Waals surface area contributed by atoms with Crippen molar-refractivity contribution in [1.82, 2.24) is 4.90 Å². The zero-order chi connectivity index (χ0) is 19.1. The average molecular weight is 415 g/mol. The van der Waals surface area contributed by atoms with Gasteiger partial charge >= 0.3 is 0 Å².